The van der Waals surface area contributed by atoms with Gasteiger partial charge in [0.25, 0.3) is 5.91 Å². The van der Waals surface area contributed by atoms with Crippen molar-refractivity contribution in [2.24, 2.45) is 10.9 Å². The van der Waals surface area contributed by atoms with Crippen LogP contribution in [0.2, 0.25) is 0 Å². The van der Waals surface area contributed by atoms with Gasteiger partial charge in [0.1, 0.15) is 4.88 Å². The zero-order valence-electron chi connectivity index (χ0n) is 7.41. The highest BCUT2D eigenvalue weighted by Gasteiger charge is 2.14. The molecule has 76 valence electrons. The molecule has 0 radical (unpaired) electrons. The van der Waals surface area contributed by atoms with E-state index < -0.39 is 0 Å². The van der Waals surface area contributed by atoms with E-state index in [1.165, 1.54) is 11.1 Å². The summed E-state index contributed by atoms with van der Waals surface area (Å²) in [4.78, 5) is 13.2. The zero-order valence-corrected chi connectivity index (χ0v) is 8.23. The Morgan fingerprint density at radius 2 is 2.57 bits per heavy atom. The quantitative estimate of drug-likeness (QED) is 0.302. The first kappa shape index (κ1) is 10.4. The van der Waals surface area contributed by atoms with Crippen molar-refractivity contribution in [3.63, 3.8) is 0 Å². The summed E-state index contributed by atoms with van der Waals surface area (Å²) in [5.74, 6) is -0.287. The first-order valence-electron chi connectivity index (χ1n) is 3.64. The molecule has 0 fully saturated rings. The molecule has 1 aromatic heterocycles. The number of nitrogens with two attached hydrogens (primary N) is 1. The predicted octanol–water partition coefficient (Wildman–Crippen LogP) is -0.644. The molecule has 0 aliphatic rings. The van der Waals surface area contributed by atoms with Crippen molar-refractivity contribution in [2.75, 3.05) is 13.6 Å². The zero-order chi connectivity index (χ0) is 10.6. The third-order valence-electron chi connectivity index (χ3n) is 1.45. The normalized spacial score (nSPS) is 11.4. The fourth-order valence-electron chi connectivity index (χ4n) is 0.796. The summed E-state index contributed by atoms with van der Waals surface area (Å²) in [5.41, 5.74) is 5.24. The highest BCUT2D eigenvalue weighted by Crippen LogP contribution is 2.05. The second-order valence-corrected chi connectivity index (χ2v) is 3.32. The van der Waals surface area contributed by atoms with Crippen molar-refractivity contribution < 1.29 is 10.0 Å². The van der Waals surface area contributed by atoms with Crippen LogP contribution >= 0.6 is 11.5 Å². The molecule has 1 heterocycles. The van der Waals surface area contributed by atoms with Gasteiger partial charge in [0.2, 0.25) is 0 Å². The third kappa shape index (κ3) is 2.39. The van der Waals surface area contributed by atoms with Crippen LogP contribution in [0.4, 0.5) is 0 Å². The van der Waals surface area contributed by atoms with Gasteiger partial charge in [-0.3, -0.25) is 4.79 Å². The van der Waals surface area contributed by atoms with Crippen molar-refractivity contribution >= 4 is 23.3 Å². The molecular formula is C6H9N5O2S. The largest absolute Gasteiger partial charge is 0.409 e. The van der Waals surface area contributed by atoms with Gasteiger partial charge in [-0.05, 0) is 11.5 Å². The summed E-state index contributed by atoms with van der Waals surface area (Å²) in [7, 11) is 1.54. The molecule has 0 atom stereocenters. The van der Waals surface area contributed by atoms with Gasteiger partial charge >= 0.3 is 0 Å². The molecule has 0 bridgehead atoms. The minimum Gasteiger partial charge on any atom is -0.409 e. The molecule has 1 rings (SSSR count). The topological polar surface area (TPSA) is 105 Å². The Morgan fingerprint density at radius 3 is 3.07 bits per heavy atom. The lowest BCUT2D eigenvalue weighted by atomic mass is 10.4. The number of aromatic nitrogens is 2. The van der Waals surface area contributed by atoms with Gasteiger partial charge in [-0.15, -0.1) is 5.10 Å². The predicted molar refractivity (Wildman–Crippen MR) is 50.3 cm³/mol. The third-order valence-corrected chi connectivity index (χ3v) is 2.10. The van der Waals surface area contributed by atoms with Crippen molar-refractivity contribution in [3.8, 4) is 0 Å². The highest BCUT2D eigenvalue weighted by atomic mass is 32.1. The first-order valence-corrected chi connectivity index (χ1v) is 4.41. The number of amidine groups is 1. The molecular weight excluding hydrogens is 206 g/mol. The molecule has 8 heteroatoms. The Morgan fingerprint density at radius 1 is 1.86 bits per heavy atom. The Bertz CT molecular complexity index is 336. The summed E-state index contributed by atoms with van der Waals surface area (Å²) in [6.45, 7) is 0.0627. The van der Waals surface area contributed by atoms with E-state index in [2.05, 4.69) is 14.7 Å². The summed E-state index contributed by atoms with van der Waals surface area (Å²) >= 11 is 0.999. The number of nitrogens with zero attached hydrogens (tertiary/aromatic N) is 4. The van der Waals surface area contributed by atoms with Crippen LogP contribution in [0.3, 0.4) is 0 Å². The van der Waals surface area contributed by atoms with Crippen molar-refractivity contribution in [3.05, 3.63) is 11.1 Å². The number of carbonyl (C=O) groups excluding carboxylic acids is 1. The Balaban J connectivity index is 2.62. The lowest BCUT2D eigenvalue weighted by Crippen LogP contribution is -2.35. The molecule has 14 heavy (non-hydrogen) atoms. The molecule has 0 aromatic carbocycles. The molecule has 0 unspecified atom stereocenters. The van der Waals surface area contributed by atoms with Crippen LogP contribution in [-0.4, -0.2) is 45.0 Å². The van der Waals surface area contributed by atoms with Gasteiger partial charge in [0, 0.05) is 7.05 Å². The van der Waals surface area contributed by atoms with Crippen LogP contribution in [0.25, 0.3) is 0 Å². The van der Waals surface area contributed by atoms with Gasteiger partial charge in [-0.1, -0.05) is 9.64 Å². The van der Waals surface area contributed by atoms with E-state index in [0.717, 1.165) is 11.5 Å². The molecule has 1 amide bonds. The van der Waals surface area contributed by atoms with Gasteiger partial charge in [0.05, 0.1) is 12.7 Å². The first-order chi connectivity index (χ1) is 6.65. The van der Waals surface area contributed by atoms with Crippen LogP contribution in [0.15, 0.2) is 11.4 Å². The monoisotopic (exact) mass is 215 g/mol. The molecule has 0 aliphatic carbocycles. The molecule has 0 spiro atoms. The van der Waals surface area contributed by atoms with Crippen LogP contribution in [0.5, 0.6) is 0 Å². The summed E-state index contributed by atoms with van der Waals surface area (Å²) in [6.07, 6.45) is 1.37. The van der Waals surface area contributed by atoms with Crippen LogP contribution in [0.1, 0.15) is 9.67 Å². The smallest absolute Gasteiger partial charge is 0.267 e. The van der Waals surface area contributed by atoms with Gasteiger partial charge in [-0.2, -0.15) is 0 Å². The van der Waals surface area contributed by atoms with E-state index in [1.54, 1.807) is 7.05 Å². The van der Waals surface area contributed by atoms with Crippen LogP contribution < -0.4 is 5.73 Å². The average Bonchev–Trinajstić information content (AvgIpc) is 2.69. The van der Waals surface area contributed by atoms with E-state index in [1.807, 2.05) is 0 Å². The van der Waals surface area contributed by atoms with Gasteiger partial charge in [0.15, 0.2) is 5.84 Å². The Kier molecular flexibility index (Phi) is 3.35. The Hall–Kier alpha value is -1.70. The number of rotatable bonds is 3. The van der Waals surface area contributed by atoms with E-state index in [-0.39, 0.29) is 18.3 Å². The number of hydrogen-bond acceptors (Lipinski definition) is 6. The molecule has 7 nitrogen and oxygen atoms in total. The molecule has 1 aromatic rings. The summed E-state index contributed by atoms with van der Waals surface area (Å²) < 4.78 is 3.56. The fraction of sp³-hybridized carbons (Fsp3) is 0.333. The van der Waals surface area contributed by atoms with Crippen LogP contribution in [-0.2, 0) is 0 Å². The van der Waals surface area contributed by atoms with E-state index >= 15 is 0 Å². The Labute approximate surface area is 84.0 Å². The maximum Gasteiger partial charge on any atom is 0.267 e. The lowest BCUT2D eigenvalue weighted by Gasteiger charge is -2.13. The van der Waals surface area contributed by atoms with Crippen molar-refractivity contribution in [1.82, 2.24) is 14.5 Å². The number of hydrogen-bond donors (Lipinski definition) is 2. The summed E-state index contributed by atoms with van der Waals surface area (Å²) in [6, 6.07) is 0. The minimum atomic E-state index is -0.258. The molecule has 3 N–H and O–H groups in total. The number of likely N-dealkylation sites (N-methyl/N-ethyl adjacent to an activating group) is 1. The average molecular weight is 215 g/mol. The maximum absolute atomic E-state index is 11.5. The van der Waals surface area contributed by atoms with Crippen molar-refractivity contribution in [1.29, 1.82) is 0 Å². The van der Waals surface area contributed by atoms with Gasteiger partial charge < -0.3 is 15.8 Å². The maximum atomic E-state index is 11.5. The molecule has 0 saturated heterocycles. The minimum absolute atomic E-state index is 0.0293. The van der Waals surface area contributed by atoms with Gasteiger partial charge in [-0.25, -0.2) is 0 Å². The summed E-state index contributed by atoms with van der Waals surface area (Å²) in [5, 5.41) is 14.6. The SMILES string of the molecule is CN(CC(N)=NO)C(=O)c1cnns1. The number of carbonyl (C=O) groups is 1. The van der Waals surface area contributed by atoms with E-state index in [9.17, 15) is 4.79 Å². The molecule has 0 aliphatic heterocycles. The van der Waals surface area contributed by atoms with Crippen molar-refractivity contribution in [2.45, 2.75) is 0 Å². The highest BCUT2D eigenvalue weighted by molar-refractivity contribution is 7.07. The number of amides is 1. The molecule has 0 saturated carbocycles. The van der Waals surface area contributed by atoms with Crippen LogP contribution in [0, 0.1) is 0 Å². The standard InChI is InChI=1S/C6H9N5O2S/c1-11(3-5(7)9-13)6(12)4-2-8-10-14-4/h2,13H,3H2,1H3,(H2,7,9). The fourth-order valence-corrected chi connectivity index (χ4v) is 1.31. The number of oxime groups is 1. The second-order valence-electron chi connectivity index (χ2n) is 2.53. The van der Waals surface area contributed by atoms with E-state index in [0.29, 0.717) is 4.88 Å². The lowest BCUT2D eigenvalue weighted by molar-refractivity contribution is 0.0818. The van der Waals surface area contributed by atoms with E-state index in [4.69, 9.17) is 10.9 Å². The second kappa shape index (κ2) is 4.51.